The highest BCUT2D eigenvalue weighted by Gasteiger charge is 2.36. The molecule has 0 saturated carbocycles. The van der Waals surface area contributed by atoms with Gasteiger partial charge in [-0.2, -0.15) is 0 Å². The molecule has 2 heteroatoms. The molecular formula is C10H17NS. The van der Waals surface area contributed by atoms with Gasteiger partial charge in [-0.15, -0.1) is 11.3 Å². The second-order valence-corrected chi connectivity index (χ2v) is 5.61. The Hall–Kier alpha value is -0.370. The average molecular weight is 183 g/mol. The summed E-state index contributed by atoms with van der Waals surface area (Å²) in [5.74, 6) is 0. The van der Waals surface area contributed by atoms with E-state index >= 15 is 0 Å². The molecule has 1 nitrogen and oxygen atoms in total. The smallest absolute Gasteiger partial charge is 0.0986 e. The van der Waals surface area contributed by atoms with Crippen molar-refractivity contribution in [3.63, 3.8) is 0 Å². The van der Waals surface area contributed by atoms with Crippen molar-refractivity contribution in [1.29, 1.82) is 0 Å². The molecule has 0 atom stereocenters. The van der Waals surface area contributed by atoms with Crippen LogP contribution in [-0.2, 0) is 5.41 Å². The maximum atomic E-state index is 4.37. The Morgan fingerprint density at radius 3 is 2.08 bits per heavy atom. The third-order valence-corrected chi connectivity index (χ3v) is 3.94. The van der Waals surface area contributed by atoms with E-state index in [-0.39, 0.29) is 10.8 Å². The number of rotatable bonds is 1. The maximum absolute atomic E-state index is 4.37. The number of nitrogens with zero attached hydrogens (tertiary/aromatic N) is 1. The summed E-state index contributed by atoms with van der Waals surface area (Å²) in [5.41, 5.74) is 0.437. The lowest BCUT2D eigenvalue weighted by atomic mass is 9.70. The summed E-state index contributed by atoms with van der Waals surface area (Å²) in [5, 5.41) is 3.28. The Kier molecular flexibility index (Phi) is 2.30. The van der Waals surface area contributed by atoms with Crippen LogP contribution in [0.25, 0.3) is 0 Å². The molecule has 1 aromatic rings. The quantitative estimate of drug-likeness (QED) is 0.649. The molecule has 68 valence electrons. The van der Waals surface area contributed by atoms with E-state index in [1.807, 2.05) is 11.6 Å². The molecule has 0 aliphatic carbocycles. The van der Waals surface area contributed by atoms with Crippen LogP contribution < -0.4 is 0 Å². The molecule has 0 N–H and O–H groups in total. The monoisotopic (exact) mass is 183 g/mol. The van der Waals surface area contributed by atoms with Crippen molar-refractivity contribution in [2.24, 2.45) is 5.41 Å². The molecule has 0 saturated heterocycles. The van der Waals surface area contributed by atoms with Crippen molar-refractivity contribution in [2.45, 2.75) is 40.0 Å². The highest BCUT2D eigenvalue weighted by atomic mass is 32.1. The lowest BCUT2D eigenvalue weighted by molar-refractivity contribution is 0.225. The van der Waals surface area contributed by atoms with Gasteiger partial charge in [-0.05, 0) is 5.41 Å². The Morgan fingerprint density at radius 2 is 1.75 bits per heavy atom. The molecule has 0 radical (unpaired) electrons. The minimum absolute atomic E-state index is 0.168. The van der Waals surface area contributed by atoms with E-state index in [0.717, 1.165) is 0 Å². The summed E-state index contributed by atoms with van der Waals surface area (Å²) in [4.78, 5) is 4.37. The fourth-order valence-electron chi connectivity index (χ4n) is 0.853. The predicted molar refractivity (Wildman–Crippen MR) is 54.6 cm³/mol. The lowest BCUT2D eigenvalue weighted by Crippen LogP contribution is -2.33. The van der Waals surface area contributed by atoms with Crippen LogP contribution >= 0.6 is 11.3 Å². The minimum Gasteiger partial charge on any atom is -0.249 e. The first-order valence-corrected chi connectivity index (χ1v) is 5.13. The molecule has 0 bridgehead atoms. The SMILES string of the molecule is CC(C)(C)C(C)(C)c1nccs1. The van der Waals surface area contributed by atoms with Gasteiger partial charge in [-0.25, -0.2) is 4.98 Å². The fourth-order valence-corrected chi connectivity index (χ4v) is 1.83. The first-order valence-electron chi connectivity index (χ1n) is 4.25. The molecule has 1 rings (SSSR count). The first kappa shape index (κ1) is 9.72. The van der Waals surface area contributed by atoms with E-state index in [0.29, 0.717) is 0 Å². The largest absolute Gasteiger partial charge is 0.249 e. The van der Waals surface area contributed by atoms with Crippen molar-refractivity contribution in [2.75, 3.05) is 0 Å². The third kappa shape index (κ3) is 1.53. The summed E-state index contributed by atoms with van der Waals surface area (Å²) in [6.07, 6.45) is 1.88. The fraction of sp³-hybridized carbons (Fsp3) is 0.700. The standard InChI is InChI=1S/C10H17NS/c1-9(2,3)10(4,5)8-11-6-7-12-8/h6-7H,1-5H3. The highest BCUT2D eigenvalue weighted by Crippen LogP contribution is 2.41. The molecule has 0 amide bonds. The Labute approximate surface area is 78.8 Å². The van der Waals surface area contributed by atoms with Gasteiger partial charge in [0, 0.05) is 17.0 Å². The molecule has 0 aromatic carbocycles. The van der Waals surface area contributed by atoms with Gasteiger partial charge in [0.2, 0.25) is 0 Å². The van der Waals surface area contributed by atoms with E-state index in [2.05, 4.69) is 39.6 Å². The molecule has 0 spiro atoms. The summed E-state index contributed by atoms with van der Waals surface area (Å²) in [6.45, 7) is 11.3. The Balaban J connectivity index is 3.02. The summed E-state index contributed by atoms with van der Waals surface area (Å²) in [6, 6.07) is 0. The molecule has 1 aromatic heterocycles. The molecule has 0 fully saturated rings. The topological polar surface area (TPSA) is 12.9 Å². The van der Waals surface area contributed by atoms with E-state index < -0.39 is 0 Å². The van der Waals surface area contributed by atoms with Gasteiger partial charge < -0.3 is 0 Å². The van der Waals surface area contributed by atoms with Crippen LogP contribution in [0.4, 0.5) is 0 Å². The van der Waals surface area contributed by atoms with Gasteiger partial charge in [0.15, 0.2) is 0 Å². The van der Waals surface area contributed by atoms with Crippen LogP contribution in [0, 0.1) is 5.41 Å². The second kappa shape index (κ2) is 2.84. The van der Waals surface area contributed by atoms with Crippen LogP contribution in [0.1, 0.15) is 39.6 Å². The van der Waals surface area contributed by atoms with Gasteiger partial charge in [-0.3, -0.25) is 0 Å². The van der Waals surface area contributed by atoms with E-state index in [1.54, 1.807) is 11.3 Å². The summed E-state index contributed by atoms with van der Waals surface area (Å²) >= 11 is 1.75. The third-order valence-electron chi connectivity index (χ3n) is 2.84. The molecule has 1 heterocycles. The predicted octanol–water partition coefficient (Wildman–Crippen LogP) is 3.47. The van der Waals surface area contributed by atoms with Gasteiger partial charge in [0.05, 0.1) is 5.01 Å². The number of hydrogen-bond acceptors (Lipinski definition) is 2. The second-order valence-electron chi connectivity index (χ2n) is 4.71. The molecule has 0 unspecified atom stereocenters. The van der Waals surface area contributed by atoms with Crippen LogP contribution in [0.2, 0.25) is 0 Å². The summed E-state index contributed by atoms with van der Waals surface area (Å²) < 4.78 is 0. The zero-order valence-electron chi connectivity index (χ0n) is 8.51. The normalized spacial score (nSPS) is 13.4. The highest BCUT2D eigenvalue weighted by molar-refractivity contribution is 7.09. The van der Waals surface area contributed by atoms with Gasteiger partial charge >= 0.3 is 0 Å². The Morgan fingerprint density at radius 1 is 1.17 bits per heavy atom. The van der Waals surface area contributed by atoms with Crippen molar-refractivity contribution < 1.29 is 0 Å². The lowest BCUT2D eigenvalue weighted by Gasteiger charge is -2.36. The van der Waals surface area contributed by atoms with Crippen LogP contribution in [0.15, 0.2) is 11.6 Å². The molecule has 0 aliphatic rings. The van der Waals surface area contributed by atoms with E-state index in [1.165, 1.54) is 5.01 Å². The van der Waals surface area contributed by atoms with Crippen molar-refractivity contribution in [1.82, 2.24) is 4.98 Å². The van der Waals surface area contributed by atoms with Gasteiger partial charge in [0.25, 0.3) is 0 Å². The van der Waals surface area contributed by atoms with Crippen molar-refractivity contribution >= 4 is 11.3 Å². The maximum Gasteiger partial charge on any atom is 0.0986 e. The first-order chi connectivity index (χ1) is 5.36. The van der Waals surface area contributed by atoms with Crippen LogP contribution in [-0.4, -0.2) is 4.98 Å². The summed E-state index contributed by atoms with van der Waals surface area (Å²) in [7, 11) is 0. The van der Waals surface area contributed by atoms with Crippen molar-refractivity contribution in [3.05, 3.63) is 16.6 Å². The average Bonchev–Trinajstić information content (AvgIpc) is 2.34. The van der Waals surface area contributed by atoms with Gasteiger partial charge in [-0.1, -0.05) is 34.6 Å². The van der Waals surface area contributed by atoms with E-state index in [9.17, 15) is 0 Å². The zero-order chi connectivity index (χ0) is 9.41. The molecular weight excluding hydrogens is 166 g/mol. The van der Waals surface area contributed by atoms with Crippen LogP contribution in [0.5, 0.6) is 0 Å². The molecule has 12 heavy (non-hydrogen) atoms. The molecule has 0 aliphatic heterocycles. The number of thiazole rings is 1. The number of aromatic nitrogens is 1. The van der Waals surface area contributed by atoms with E-state index in [4.69, 9.17) is 0 Å². The number of hydrogen-bond donors (Lipinski definition) is 0. The minimum atomic E-state index is 0.168. The zero-order valence-corrected chi connectivity index (χ0v) is 9.33. The van der Waals surface area contributed by atoms with Gasteiger partial charge in [0.1, 0.15) is 0 Å². The Bertz CT molecular complexity index is 241. The van der Waals surface area contributed by atoms with Crippen molar-refractivity contribution in [3.8, 4) is 0 Å². The van der Waals surface area contributed by atoms with Crippen LogP contribution in [0.3, 0.4) is 0 Å².